The summed E-state index contributed by atoms with van der Waals surface area (Å²) in [5.74, 6) is -1.49. The van der Waals surface area contributed by atoms with Gasteiger partial charge in [-0.05, 0) is 24.1 Å². The predicted molar refractivity (Wildman–Crippen MR) is 72.1 cm³/mol. The molecule has 0 aliphatic heterocycles. The van der Waals surface area contributed by atoms with Crippen LogP contribution >= 0.6 is 15.9 Å². The van der Waals surface area contributed by atoms with Crippen molar-refractivity contribution in [3.63, 3.8) is 0 Å². The van der Waals surface area contributed by atoms with Crippen LogP contribution in [-0.2, 0) is 10.3 Å². The van der Waals surface area contributed by atoms with E-state index in [0.717, 1.165) is 13.8 Å². The highest BCUT2D eigenvalue weighted by Gasteiger charge is 2.53. The van der Waals surface area contributed by atoms with Crippen LogP contribution in [0, 0.1) is 5.41 Å². The molecule has 0 saturated carbocycles. The summed E-state index contributed by atoms with van der Waals surface area (Å²) in [7, 11) is 0. The van der Waals surface area contributed by atoms with Crippen molar-refractivity contribution in [3.8, 4) is 0 Å². The molecule has 20 heavy (non-hydrogen) atoms. The second kappa shape index (κ2) is 5.37. The van der Waals surface area contributed by atoms with Gasteiger partial charge < -0.3 is 10.8 Å². The van der Waals surface area contributed by atoms with Gasteiger partial charge in [0.25, 0.3) is 0 Å². The number of alkyl halides is 3. The number of aliphatic carboxylic acids is 1. The van der Waals surface area contributed by atoms with E-state index in [1.165, 1.54) is 12.1 Å². The van der Waals surface area contributed by atoms with Crippen LogP contribution in [0.1, 0.15) is 25.8 Å². The van der Waals surface area contributed by atoms with E-state index in [0.29, 0.717) is 4.47 Å². The smallest absolute Gasteiger partial charge is 0.394 e. The Morgan fingerprint density at radius 1 is 1.25 bits per heavy atom. The Balaban J connectivity index is 3.24. The highest BCUT2D eigenvalue weighted by molar-refractivity contribution is 9.10. The van der Waals surface area contributed by atoms with Gasteiger partial charge in [-0.1, -0.05) is 41.9 Å². The van der Waals surface area contributed by atoms with Crippen LogP contribution in [0.5, 0.6) is 0 Å². The zero-order valence-electron chi connectivity index (χ0n) is 11.0. The molecule has 0 fully saturated rings. The van der Waals surface area contributed by atoms with Gasteiger partial charge in [-0.3, -0.25) is 0 Å². The van der Waals surface area contributed by atoms with E-state index in [9.17, 15) is 23.1 Å². The van der Waals surface area contributed by atoms with Crippen molar-refractivity contribution in [1.82, 2.24) is 0 Å². The van der Waals surface area contributed by atoms with Gasteiger partial charge in [-0.2, -0.15) is 13.2 Å². The molecule has 1 rings (SSSR count). The van der Waals surface area contributed by atoms with Gasteiger partial charge in [0.1, 0.15) is 5.54 Å². The maximum absolute atomic E-state index is 13.0. The molecule has 1 atom stereocenters. The lowest BCUT2D eigenvalue weighted by Crippen LogP contribution is -2.51. The summed E-state index contributed by atoms with van der Waals surface area (Å²) >= 11 is 3.17. The Morgan fingerprint density at radius 3 is 2.05 bits per heavy atom. The Labute approximate surface area is 123 Å². The van der Waals surface area contributed by atoms with Gasteiger partial charge in [0.15, 0.2) is 0 Å². The van der Waals surface area contributed by atoms with Gasteiger partial charge in [0.2, 0.25) is 0 Å². The number of rotatable bonds is 4. The first kappa shape index (κ1) is 17.0. The molecule has 3 nitrogen and oxygen atoms in total. The Kier molecular flexibility index (Phi) is 4.55. The van der Waals surface area contributed by atoms with Gasteiger partial charge in [0, 0.05) is 4.47 Å². The van der Waals surface area contributed by atoms with Gasteiger partial charge >= 0.3 is 12.1 Å². The zero-order chi connectivity index (χ0) is 15.8. The summed E-state index contributed by atoms with van der Waals surface area (Å²) < 4.78 is 39.5. The lowest BCUT2D eigenvalue weighted by molar-refractivity contribution is -0.219. The van der Waals surface area contributed by atoms with E-state index in [1.807, 2.05) is 0 Å². The molecule has 0 aliphatic carbocycles. The molecule has 3 N–H and O–H groups in total. The average molecular weight is 354 g/mol. The zero-order valence-corrected chi connectivity index (χ0v) is 12.5. The molecule has 0 amide bonds. The van der Waals surface area contributed by atoms with Crippen LogP contribution in [-0.4, -0.2) is 17.3 Å². The van der Waals surface area contributed by atoms with E-state index in [2.05, 4.69) is 15.9 Å². The first-order valence-corrected chi connectivity index (χ1v) is 6.54. The quantitative estimate of drug-likeness (QED) is 0.867. The molecule has 1 aromatic carbocycles. The number of carboxylic acid groups (broad SMARTS) is 1. The molecule has 0 aromatic heterocycles. The fourth-order valence-electron chi connectivity index (χ4n) is 1.85. The first-order chi connectivity index (χ1) is 8.90. The molecular formula is C13H15BrF3NO2. The van der Waals surface area contributed by atoms with Crippen molar-refractivity contribution in [1.29, 1.82) is 0 Å². The molecule has 0 heterocycles. The number of hydrogen-bond donors (Lipinski definition) is 2. The molecule has 1 aromatic rings. The third kappa shape index (κ3) is 3.32. The lowest BCUT2D eigenvalue weighted by Gasteiger charge is -2.36. The summed E-state index contributed by atoms with van der Waals surface area (Å²) in [5, 5.41) is 9.28. The van der Waals surface area contributed by atoms with E-state index < -0.39 is 29.5 Å². The average Bonchev–Trinajstić information content (AvgIpc) is 2.27. The van der Waals surface area contributed by atoms with Crippen LogP contribution in [0.15, 0.2) is 28.7 Å². The fraction of sp³-hybridized carbons (Fsp3) is 0.462. The number of benzene rings is 1. The fourth-order valence-corrected chi connectivity index (χ4v) is 2.11. The molecule has 0 bridgehead atoms. The number of carbonyl (C=O) groups is 1. The number of carboxylic acids is 1. The molecule has 0 radical (unpaired) electrons. The number of hydrogen-bond acceptors (Lipinski definition) is 2. The largest absolute Gasteiger partial charge is 0.480 e. The Hall–Kier alpha value is -1.08. The summed E-state index contributed by atoms with van der Waals surface area (Å²) in [6.45, 7) is 1.88. The van der Waals surface area contributed by atoms with Gasteiger partial charge in [-0.25, -0.2) is 4.79 Å². The highest BCUT2D eigenvalue weighted by Crippen LogP contribution is 2.45. The third-order valence-electron chi connectivity index (χ3n) is 3.23. The molecule has 0 unspecified atom stereocenters. The van der Waals surface area contributed by atoms with E-state index in [4.69, 9.17) is 5.73 Å². The van der Waals surface area contributed by atoms with Crippen molar-refractivity contribution in [2.24, 2.45) is 11.1 Å². The predicted octanol–water partition coefficient (Wildman–Crippen LogP) is 3.67. The molecular weight excluding hydrogens is 339 g/mol. The van der Waals surface area contributed by atoms with Gasteiger partial charge in [0.05, 0.1) is 5.41 Å². The van der Waals surface area contributed by atoms with Gasteiger partial charge in [-0.15, -0.1) is 0 Å². The maximum atomic E-state index is 13.0. The second-order valence-corrected chi connectivity index (χ2v) is 6.26. The number of halogens is 4. The van der Waals surface area contributed by atoms with E-state index in [-0.39, 0.29) is 5.56 Å². The van der Waals surface area contributed by atoms with Crippen molar-refractivity contribution in [2.45, 2.75) is 32.0 Å². The highest BCUT2D eigenvalue weighted by atomic mass is 79.9. The molecule has 112 valence electrons. The molecule has 0 aliphatic rings. The van der Waals surface area contributed by atoms with Crippen molar-refractivity contribution in [2.75, 3.05) is 0 Å². The summed E-state index contributed by atoms with van der Waals surface area (Å²) in [4.78, 5) is 11.4. The topological polar surface area (TPSA) is 63.3 Å². The number of nitrogens with two attached hydrogens (primary N) is 1. The van der Waals surface area contributed by atoms with Crippen molar-refractivity contribution >= 4 is 21.9 Å². The minimum atomic E-state index is -4.54. The standard InChI is InChI=1S/C13H15BrF3NO2/c1-11(2,13(15,16)17)7-12(18,10(19)20)8-3-5-9(14)6-4-8/h3-6H,7,18H2,1-2H3,(H,19,20)/t12-/m1/s1. The van der Waals surface area contributed by atoms with E-state index in [1.54, 1.807) is 12.1 Å². The van der Waals surface area contributed by atoms with Crippen molar-refractivity contribution < 1.29 is 23.1 Å². The maximum Gasteiger partial charge on any atom is 0.394 e. The minimum Gasteiger partial charge on any atom is -0.480 e. The van der Waals surface area contributed by atoms with Crippen LogP contribution in [0.3, 0.4) is 0 Å². The molecule has 0 spiro atoms. The minimum absolute atomic E-state index is 0.130. The lowest BCUT2D eigenvalue weighted by atomic mass is 9.75. The second-order valence-electron chi connectivity index (χ2n) is 5.34. The first-order valence-electron chi connectivity index (χ1n) is 5.75. The van der Waals surface area contributed by atoms with Crippen LogP contribution in [0.25, 0.3) is 0 Å². The summed E-state index contributed by atoms with van der Waals surface area (Å²) in [6.07, 6.45) is -5.29. The van der Waals surface area contributed by atoms with E-state index >= 15 is 0 Å². The Morgan fingerprint density at radius 2 is 1.70 bits per heavy atom. The molecule has 7 heteroatoms. The Bertz CT molecular complexity index is 499. The molecule has 0 saturated heterocycles. The SMILES string of the molecule is CC(C)(C[C@](N)(C(=O)O)c1ccc(Br)cc1)C(F)(F)F. The summed E-state index contributed by atoms with van der Waals surface area (Å²) in [5.41, 5.74) is 1.60. The monoisotopic (exact) mass is 353 g/mol. The summed E-state index contributed by atoms with van der Waals surface area (Å²) in [6, 6.07) is 5.90. The normalized spacial score (nSPS) is 15.8. The third-order valence-corrected chi connectivity index (χ3v) is 3.76. The van der Waals surface area contributed by atoms with Crippen molar-refractivity contribution in [3.05, 3.63) is 34.3 Å². The van der Waals surface area contributed by atoms with Crippen LogP contribution < -0.4 is 5.73 Å². The van der Waals surface area contributed by atoms with Crippen LogP contribution in [0.2, 0.25) is 0 Å². The van der Waals surface area contributed by atoms with Crippen LogP contribution in [0.4, 0.5) is 13.2 Å².